The third kappa shape index (κ3) is 3.33. The average Bonchev–Trinajstić information content (AvgIpc) is 3.25. The van der Waals surface area contributed by atoms with Crippen molar-refractivity contribution in [3.8, 4) is 0 Å². The van der Waals surface area contributed by atoms with Gasteiger partial charge in [-0.1, -0.05) is 58.4 Å². The van der Waals surface area contributed by atoms with Gasteiger partial charge in [0.25, 0.3) is 0 Å². The van der Waals surface area contributed by atoms with Crippen LogP contribution in [0, 0.1) is 11.3 Å². The third-order valence-electron chi connectivity index (χ3n) is 7.04. The molecule has 0 unspecified atom stereocenters. The van der Waals surface area contributed by atoms with Gasteiger partial charge in [-0.2, -0.15) is 0 Å². The van der Waals surface area contributed by atoms with E-state index in [9.17, 15) is 9.59 Å². The molecule has 0 aliphatic carbocycles. The zero-order chi connectivity index (χ0) is 21.4. The van der Waals surface area contributed by atoms with Gasteiger partial charge >= 0.3 is 5.97 Å². The number of para-hydroxylation sites is 1. The molecular weight excluding hydrogens is 366 g/mol. The van der Waals surface area contributed by atoms with Gasteiger partial charge in [0.1, 0.15) is 6.04 Å². The van der Waals surface area contributed by atoms with Crippen molar-refractivity contribution >= 4 is 17.6 Å². The van der Waals surface area contributed by atoms with E-state index in [1.165, 1.54) is 12.7 Å². The Bertz CT molecular complexity index is 806. The number of esters is 1. The number of carbonyl (C=O) groups is 2. The number of allylic oxidation sites excluding steroid dienone is 1. The monoisotopic (exact) mass is 399 g/mol. The van der Waals surface area contributed by atoms with Gasteiger partial charge in [0.2, 0.25) is 5.91 Å². The van der Waals surface area contributed by atoms with Crippen molar-refractivity contribution < 1.29 is 14.3 Å². The first-order valence-electron chi connectivity index (χ1n) is 10.4. The van der Waals surface area contributed by atoms with Crippen molar-refractivity contribution in [2.75, 3.05) is 12.4 Å². The van der Waals surface area contributed by atoms with Crippen LogP contribution in [0.25, 0.3) is 0 Å². The highest BCUT2D eigenvalue weighted by molar-refractivity contribution is 5.88. The first kappa shape index (κ1) is 21.4. The molecular formula is C23H33N3O3. The minimum Gasteiger partial charge on any atom is -0.467 e. The van der Waals surface area contributed by atoms with Crippen LogP contribution in [0.5, 0.6) is 0 Å². The molecule has 2 heterocycles. The van der Waals surface area contributed by atoms with Gasteiger partial charge in [-0.15, -0.1) is 6.58 Å². The molecule has 1 aromatic carbocycles. The minimum atomic E-state index is -0.650. The smallest absolute Gasteiger partial charge is 0.328 e. The SMILES string of the molecule is C=CC(C)(C)[C@@]12C[C@@H](C(=O)N[C@H](C(=O)OC)[C@@H](C)CC)N[C@@H]1Nc1ccccc12. The molecule has 158 valence electrons. The van der Waals surface area contributed by atoms with Crippen molar-refractivity contribution in [1.29, 1.82) is 0 Å². The van der Waals surface area contributed by atoms with Crippen molar-refractivity contribution in [1.82, 2.24) is 10.6 Å². The second-order valence-corrected chi connectivity index (χ2v) is 8.84. The maximum Gasteiger partial charge on any atom is 0.328 e. The van der Waals surface area contributed by atoms with Gasteiger partial charge in [-0.05, 0) is 29.4 Å². The lowest BCUT2D eigenvalue weighted by molar-refractivity contribution is -0.146. The Morgan fingerprint density at radius 3 is 2.72 bits per heavy atom. The molecule has 0 aromatic heterocycles. The van der Waals surface area contributed by atoms with Crippen LogP contribution in [0.2, 0.25) is 0 Å². The lowest BCUT2D eigenvalue weighted by Gasteiger charge is -2.42. The standard InChI is InChI=1S/C23H33N3O3/c1-7-14(3)18(20(28)29-6)26-19(27)17-13-23(22(4,5)8-2)15-11-9-10-12-16(15)24-21(23)25-17/h8-12,14,17-18,21,24-25H,2,7,13H2,1,3-6H3,(H,26,27)/t14-,17-,18-,21-,23+/m0/s1. The van der Waals surface area contributed by atoms with E-state index >= 15 is 0 Å². The predicted octanol–water partition coefficient (Wildman–Crippen LogP) is 2.95. The molecule has 0 spiro atoms. The Kier molecular flexibility index (Phi) is 5.77. The summed E-state index contributed by atoms with van der Waals surface area (Å²) in [5, 5.41) is 9.96. The fourth-order valence-corrected chi connectivity index (χ4v) is 4.81. The highest BCUT2D eigenvalue weighted by Gasteiger charge is 2.61. The third-order valence-corrected chi connectivity index (χ3v) is 7.04. The molecule has 2 aliphatic heterocycles. The summed E-state index contributed by atoms with van der Waals surface area (Å²) in [6.07, 6.45) is 3.26. The molecule has 6 nitrogen and oxygen atoms in total. The van der Waals surface area contributed by atoms with Gasteiger partial charge in [-0.25, -0.2) is 4.79 Å². The van der Waals surface area contributed by atoms with E-state index < -0.39 is 18.1 Å². The molecule has 0 radical (unpaired) electrons. The number of hydrogen-bond acceptors (Lipinski definition) is 5. The van der Waals surface area contributed by atoms with Crippen LogP contribution < -0.4 is 16.0 Å². The van der Waals surface area contributed by atoms with Gasteiger partial charge in [0.15, 0.2) is 0 Å². The first-order chi connectivity index (χ1) is 13.7. The van der Waals surface area contributed by atoms with Crippen LogP contribution in [-0.4, -0.2) is 37.2 Å². The molecule has 3 rings (SSSR count). The number of benzene rings is 1. The largest absolute Gasteiger partial charge is 0.467 e. The molecule has 29 heavy (non-hydrogen) atoms. The lowest BCUT2D eigenvalue weighted by Crippen LogP contribution is -2.52. The normalized spacial score (nSPS) is 27.2. The fraction of sp³-hybridized carbons (Fsp3) is 0.565. The van der Waals surface area contributed by atoms with E-state index in [1.54, 1.807) is 0 Å². The maximum atomic E-state index is 13.2. The number of anilines is 1. The highest BCUT2D eigenvalue weighted by atomic mass is 16.5. The zero-order valence-electron chi connectivity index (χ0n) is 18.0. The van der Waals surface area contributed by atoms with Crippen molar-refractivity contribution in [2.24, 2.45) is 11.3 Å². The number of methoxy groups -OCH3 is 1. The Hall–Kier alpha value is -2.34. The summed E-state index contributed by atoms with van der Waals surface area (Å²) in [5.41, 5.74) is 1.72. The Morgan fingerprint density at radius 1 is 1.41 bits per heavy atom. The van der Waals surface area contributed by atoms with E-state index in [1.807, 2.05) is 32.1 Å². The summed E-state index contributed by atoms with van der Waals surface area (Å²) in [5.74, 6) is -0.589. The number of nitrogens with one attached hydrogen (secondary N) is 3. The van der Waals surface area contributed by atoms with Crippen molar-refractivity contribution in [2.45, 2.75) is 64.2 Å². The summed E-state index contributed by atoms with van der Waals surface area (Å²) in [7, 11) is 1.35. The van der Waals surface area contributed by atoms with Gasteiger partial charge in [0, 0.05) is 11.1 Å². The predicted molar refractivity (Wildman–Crippen MR) is 114 cm³/mol. The Balaban J connectivity index is 1.89. The maximum absolute atomic E-state index is 13.2. The highest BCUT2D eigenvalue weighted by Crippen LogP contribution is 2.57. The fourth-order valence-electron chi connectivity index (χ4n) is 4.81. The van der Waals surface area contributed by atoms with Crippen molar-refractivity contribution in [3.63, 3.8) is 0 Å². The van der Waals surface area contributed by atoms with Crippen molar-refractivity contribution in [3.05, 3.63) is 42.5 Å². The van der Waals surface area contributed by atoms with Crippen LogP contribution in [-0.2, 0) is 19.7 Å². The van der Waals surface area contributed by atoms with Crippen LogP contribution in [0.1, 0.15) is 46.1 Å². The number of carbonyl (C=O) groups excluding carboxylic acids is 2. The molecule has 2 aliphatic rings. The number of ether oxygens (including phenoxy) is 1. The second kappa shape index (κ2) is 7.82. The van der Waals surface area contributed by atoms with Crippen LogP contribution in [0.4, 0.5) is 5.69 Å². The molecule has 1 fully saturated rings. The minimum absolute atomic E-state index is 0.00951. The van der Waals surface area contributed by atoms with Gasteiger partial charge < -0.3 is 15.4 Å². The average molecular weight is 400 g/mol. The van der Waals surface area contributed by atoms with E-state index in [2.05, 4.69) is 48.5 Å². The van der Waals surface area contributed by atoms with Crippen LogP contribution >= 0.6 is 0 Å². The number of amides is 1. The number of fused-ring (bicyclic) bond motifs is 3. The number of hydrogen-bond donors (Lipinski definition) is 3. The Labute approximate surface area is 173 Å². The molecule has 0 saturated carbocycles. The summed E-state index contributed by atoms with van der Waals surface area (Å²) in [4.78, 5) is 25.4. The first-order valence-corrected chi connectivity index (χ1v) is 10.4. The topological polar surface area (TPSA) is 79.5 Å². The van der Waals surface area contributed by atoms with E-state index in [-0.39, 0.29) is 28.8 Å². The van der Waals surface area contributed by atoms with E-state index in [4.69, 9.17) is 4.74 Å². The summed E-state index contributed by atoms with van der Waals surface area (Å²) < 4.78 is 4.91. The van der Waals surface area contributed by atoms with Crippen LogP contribution in [0.3, 0.4) is 0 Å². The molecule has 6 heteroatoms. The second-order valence-electron chi connectivity index (χ2n) is 8.84. The van der Waals surface area contributed by atoms with E-state index in [0.717, 1.165) is 12.1 Å². The Morgan fingerprint density at radius 2 is 2.10 bits per heavy atom. The molecule has 0 bridgehead atoms. The summed E-state index contributed by atoms with van der Waals surface area (Å²) in [6.45, 7) is 12.3. The van der Waals surface area contributed by atoms with Gasteiger partial charge in [0.05, 0.1) is 19.3 Å². The lowest BCUT2D eigenvalue weighted by atomic mass is 9.60. The summed E-state index contributed by atoms with van der Waals surface area (Å²) in [6, 6.07) is 7.18. The van der Waals surface area contributed by atoms with Gasteiger partial charge in [-0.3, -0.25) is 10.1 Å². The summed E-state index contributed by atoms with van der Waals surface area (Å²) >= 11 is 0. The molecule has 1 amide bonds. The molecule has 5 atom stereocenters. The molecule has 1 aromatic rings. The number of rotatable bonds is 7. The van der Waals surface area contributed by atoms with E-state index in [0.29, 0.717) is 6.42 Å². The molecule has 3 N–H and O–H groups in total. The molecule has 1 saturated heterocycles. The quantitative estimate of drug-likeness (QED) is 0.485. The zero-order valence-corrected chi connectivity index (χ0v) is 18.0. The van der Waals surface area contributed by atoms with Crippen LogP contribution in [0.15, 0.2) is 36.9 Å².